The molecule has 2 aliphatic rings. The first kappa shape index (κ1) is 32.8. The molecule has 0 saturated heterocycles. The van der Waals surface area contributed by atoms with Crippen LogP contribution >= 0.6 is 22.9 Å². The van der Waals surface area contributed by atoms with Crippen molar-refractivity contribution in [2.24, 2.45) is 5.92 Å². The smallest absolute Gasteiger partial charge is 0.237 e. The van der Waals surface area contributed by atoms with Gasteiger partial charge in [0.05, 0.1) is 40.3 Å². The van der Waals surface area contributed by atoms with E-state index in [1.165, 1.54) is 40.2 Å². The summed E-state index contributed by atoms with van der Waals surface area (Å²) in [5.41, 5.74) is 1.49. The monoisotopic (exact) mass is 709 g/mol. The van der Waals surface area contributed by atoms with Crippen molar-refractivity contribution in [1.29, 1.82) is 0 Å². The minimum absolute atomic E-state index is 0.0202. The number of rotatable bonds is 13. The summed E-state index contributed by atoms with van der Waals surface area (Å²) in [4.78, 5) is 36.3. The average Bonchev–Trinajstić information content (AvgIpc) is 2.95. The minimum atomic E-state index is -3.41. The molecule has 1 aromatic carbocycles. The molecule has 0 aliphatic heterocycles. The van der Waals surface area contributed by atoms with E-state index in [-0.39, 0.29) is 22.0 Å². The zero-order valence-electron chi connectivity index (χ0n) is 25.2. The van der Waals surface area contributed by atoms with Gasteiger partial charge in [-0.05, 0) is 83.3 Å². The van der Waals surface area contributed by atoms with E-state index in [0.717, 1.165) is 44.9 Å². The van der Waals surface area contributed by atoms with Crippen molar-refractivity contribution in [3.8, 4) is 0 Å². The Bertz CT molecular complexity index is 1310. The zero-order valence-corrected chi connectivity index (χ0v) is 28.2. The molecule has 4 rings (SSSR count). The van der Waals surface area contributed by atoms with E-state index in [2.05, 4.69) is 64.1 Å². The third-order valence-electron chi connectivity index (χ3n) is 9.41. The fraction of sp³-hybridized carbons (Fsp3) is 0.581. The normalized spacial score (nSPS) is 23.0. The number of amides is 2. The number of carbonyl (C=O) groups is 2. The Morgan fingerprint density at radius 3 is 2.21 bits per heavy atom. The van der Waals surface area contributed by atoms with E-state index in [4.69, 9.17) is 0 Å². The van der Waals surface area contributed by atoms with Gasteiger partial charge in [0.2, 0.25) is 12.3 Å². The van der Waals surface area contributed by atoms with Gasteiger partial charge in [-0.25, -0.2) is 13.4 Å². The highest BCUT2D eigenvalue weighted by Crippen LogP contribution is 2.47. The summed E-state index contributed by atoms with van der Waals surface area (Å²) in [6.45, 7) is 2.05. The molecular weight excluding hydrogens is 665 g/mol. The maximum absolute atomic E-state index is 13.1. The summed E-state index contributed by atoms with van der Waals surface area (Å²) in [6, 6.07) is 13.7. The summed E-state index contributed by atoms with van der Waals surface area (Å²) in [5, 5.41) is -0.0202. The van der Waals surface area contributed by atoms with Crippen LogP contribution in [0.15, 0.2) is 53.7 Å². The third-order valence-corrected chi connectivity index (χ3v) is 11.5. The van der Waals surface area contributed by atoms with Crippen LogP contribution in [-0.2, 0) is 25.0 Å². The van der Waals surface area contributed by atoms with Crippen molar-refractivity contribution in [3.05, 3.63) is 54.2 Å². The Balaban J connectivity index is 1.46. The number of benzene rings is 1. The Morgan fingerprint density at radius 1 is 1.05 bits per heavy atom. The number of hydrogen-bond acceptors (Lipinski definition) is 7. The number of pyridine rings is 1. The van der Waals surface area contributed by atoms with Crippen molar-refractivity contribution in [2.75, 3.05) is 50.1 Å². The summed E-state index contributed by atoms with van der Waals surface area (Å²) in [5.74, 6) is 0.482. The molecule has 0 radical (unpaired) electrons. The summed E-state index contributed by atoms with van der Waals surface area (Å²) in [6.07, 6.45) is 11.2. The van der Waals surface area contributed by atoms with Crippen LogP contribution in [0.3, 0.4) is 0 Å². The standard InChI is InChI=1S/C31H44IN5O4S/c1-34(2)31(26-11-6-5-7-12-26)18-16-30(17-19-31,36(24-38)22-25-9-8-10-25)23-35(3)20-15-29(39)37(32)27-13-14-28(33-21-27)42(4,40)41/h5-7,11-14,21,24-25H,8-10,15-20,22-23H2,1-4H3/t30-,31+. The lowest BCUT2D eigenvalue weighted by Gasteiger charge is -2.54. The topological polar surface area (TPSA) is 94.1 Å². The number of sulfone groups is 1. The van der Waals surface area contributed by atoms with Gasteiger partial charge in [-0.1, -0.05) is 36.8 Å². The van der Waals surface area contributed by atoms with Crippen LogP contribution in [0.25, 0.3) is 0 Å². The number of carbonyl (C=O) groups excluding carboxylic acids is 2. The van der Waals surface area contributed by atoms with Gasteiger partial charge in [0.1, 0.15) is 0 Å². The second-order valence-corrected chi connectivity index (χ2v) is 15.3. The van der Waals surface area contributed by atoms with Crippen molar-refractivity contribution in [3.63, 3.8) is 0 Å². The van der Waals surface area contributed by atoms with Gasteiger partial charge in [-0.3, -0.25) is 17.6 Å². The maximum atomic E-state index is 13.1. The SMILES string of the molecule is CN(CCC(=O)N(I)c1ccc(S(C)(=O)=O)nc1)C[C@]1(N(C=O)CC2CCC2)CC[C@@](c2ccccc2)(N(C)C)CC1. The van der Waals surface area contributed by atoms with Gasteiger partial charge in [0, 0.05) is 37.8 Å². The lowest BCUT2D eigenvalue weighted by Crippen LogP contribution is -2.61. The molecule has 2 saturated carbocycles. The number of likely N-dealkylation sites (N-methyl/N-ethyl adjacent to an activating group) is 1. The van der Waals surface area contributed by atoms with Crippen LogP contribution in [0, 0.1) is 5.92 Å². The van der Waals surface area contributed by atoms with Crippen molar-refractivity contribution in [2.45, 2.75) is 67.5 Å². The number of nitrogens with zero attached hydrogens (tertiary/aromatic N) is 5. The molecule has 1 aromatic heterocycles. The molecular formula is C31H44IN5O4S. The van der Waals surface area contributed by atoms with Gasteiger partial charge in [-0.2, -0.15) is 0 Å². The number of anilines is 1. The number of halogens is 1. The first-order valence-corrected chi connectivity index (χ1v) is 17.5. The third kappa shape index (κ3) is 7.34. The predicted octanol–water partition coefficient (Wildman–Crippen LogP) is 4.52. The van der Waals surface area contributed by atoms with Gasteiger partial charge in [0.15, 0.2) is 14.9 Å². The molecule has 2 aliphatic carbocycles. The van der Waals surface area contributed by atoms with E-state index in [0.29, 0.717) is 31.1 Å². The molecule has 0 unspecified atom stereocenters. The molecule has 9 nitrogen and oxygen atoms in total. The maximum Gasteiger partial charge on any atom is 0.237 e. The van der Waals surface area contributed by atoms with Crippen LogP contribution in [0.4, 0.5) is 5.69 Å². The summed E-state index contributed by atoms with van der Waals surface area (Å²) in [7, 11) is 2.94. The molecule has 42 heavy (non-hydrogen) atoms. The second-order valence-electron chi connectivity index (χ2n) is 12.4. The minimum Gasteiger partial charge on any atom is -0.338 e. The lowest BCUT2D eigenvalue weighted by atomic mass is 9.67. The molecule has 11 heteroatoms. The van der Waals surface area contributed by atoms with Gasteiger partial charge < -0.3 is 9.80 Å². The van der Waals surface area contributed by atoms with Crippen molar-refractivity contribution < 1.29 is 18.0 Å². The molecule has 0 atom stereocenters. The first-order chi connectivity index (χ1) is 19.9. The first-order valence-electron chi connectivity index (χ1n) is 14.7. The fourth-order valence-electron chi connectivity index (χ4n) is 6.53. The van der Waals surface area contributed by atoms with Crippen LogP contribution < -0.4 is 3.11 Å². The van der Waals surface area contributed by atoms with Crippen molar-refractivity contribution >= 4 is 50.7 Å². The fourth-order valence-corrected chi connectivity index (χ4v) is 7.61. The molecule has 2 fully saturated rings. The van der Waals surface area contributed by atoms with Crippen LogP contribution in [0.5, 0.6) is 0 Å². The second kappa shape index (κ2) is 13.7. The number of aromatic nitrogens is 1. The van der Waals surface area contributed by atoms with E-state index in [1.54, 1.807) is 6.07 Å². The van der Waals surface area contributed by atoms with Gasteiger partial charge in [0.25, 0.3) is 0 Å². The van der Waals surface area contributed by atoms with E-state index < -0.39 is 9.84 Å². The highest BCUT2D eigenvalue weighted by atomic mass is 127. The quantitative estimate of drug-likeness (QED) is 0.172. The van der Waals surface area contributed by atoms with Gasteiger partial charge in [-0.15, -0.1) is 0 Å². The van der Waals surface area contributed by atoms with E-state index in [1.807, 2.05) is 29.9 Å². The summed E-state index contributed by atoms with van der Waals surface area (Å²) < 4.78 is 24.9. The van der Waals surface area contributed by atoms with E-state index in [9.17, 15) is 18.0 Å². The Morgan fingerprint density at radius 2 is 1.71 bits per heavy atom. The molecule has 230 valence electrons. The van der Waals surface area contributed by atoms with Crippen LogP contribution in [-0.4, -0.2) is 93.0 Å². The van der Waals surface area contributed by atoms with Crippen LogP contribution in [0.2, 0.25) is 0 Å². The Hall–Kier alpha value is -2.09. The molecule has 0 spiro atoms. The average molecular weight is 710 g/mol. The number of hydrogen-bond donors (Lipinski definition) is 0. The zero-order chi connectivity index (χ0) is 30.5. The predicted molar refractivity (Wildman–Crippen MR) is 174 cm³/mol. The summed E-state index contributed by atoms with van der Waals surface area (Å²) >= 11 is 1.94. The molecule has 0 N–H and O–H groups in total. The van der Waals surface area contributed by atoms with Gasteiger partial charge >= 0.3 is 0 Å². The largest absolute Gasteiger partial charge is 0.338 e. The molecule has 2 amide bonds. The van der Waals surface area contributed by atoms with Crippen LogP contribution in [0.1, 0.15) is 56.9 Å². The highest BCUT2D eigenvalue weighted by Gasteiger charge is 2.48. The Labute approximate surface area is 265 Å². The molecule has 2 aromatic rings. The molecule has 1 heterocycles. The van der Waals surface area contributed by atoms with Crippen molar-refractivity contribution in [1.82, 2.24) is 19.7 Å². The lowest BCUT2D eigenvalue weighted by molar-refractivity contribution is -0.130. The Kier molecular flexibility index (Phi) is 10.7. The van der Waals surface area contributed by atoms with E-state index >= 15 is 0 Å². The molecule has 0 bridgehead atoms. The highest BCUT2D eigenvalue weighted by molar-refractivity contribution is 14.1.